The van der Waals surface area contributed by atoms with Crippen LogP contribution < -0.4 is 10.6 Å². The van der Waals surface area contributed by atoms with E-state index in [-0.39, 0.29) is 30.9 Å². The second-order valence-electron chi connectivity index (χ2n) is 7.49. The van der Waals surface area contributed by atoms with E-state index in [4.69, 9.17) is 4.74 Å². The summed E-state index contributed by atoms with van der Waals surface area (Å²) in [4.78, 5) is 39.3. The van der Waals surface area contributed by atoms with Crippen molar-refractivity contribution in [3.8, 4) is 0 Å². The highest BCUT2D eigenvalue weighted by molar-refractivity contribution is 7.17. The summed E-state index contributed by atoms with van der Waals surface area (Å²) in [5.41, 5.74) is 1.49. The molecule has 0 spiro atoms. The van der Waals surface area contributed by atoms with Crippen molar-refractivity contribution >= 4 is 34.1 Å². The van der Waals surface area contributed by atoms with Gasteiger partial charge in [0.1, 0.15) is 5.00 Å². The SMILES string of the molecule is COC(=O)c1c(NC(=O)CN(C)CC(=O)NC(C)C)sc2c1CC[C@H](C)C2. The van der Waals surface area contributed by atoms with Gasteiger partial charge in [0.2, 0.25) is 11.8 Å². The smallest absolute Gasteiger partial charge is 0.341 e. The Hall–Kier alpha value is -1.93. The van der Waals surface area contributed by atoms with Crippen molar-refractivity contribution in [1.29, 1.82) is 0 Å². The fourth-order valence-electron chi connectivity index (χ4n) is 3.24. The van der Waals surface area contributed by atoms with Crippen molar-refractivity contribution in [3.05, 3.63) is 16.0 Å². The Labute approximate surface area is 164 Å². The lowest BCUT2D eigenvalue weighted by Gasteiger charge is -2.18. The van der Waals surface area contributed by atoms with Gasteiger partial charge in [0.05, 0.1) is 25.8 Å². The van der Waals surface area contributed by atoms with Crippen LogP contribution in [0.25, 0.3) is 0 Å². The first kappa shape index (κ1) is 21.4. The summed E-state index contributed by atoms with van der Waals surface area (Å²) in [5, 5.41) is 6.19. The number of nitrogens with zero attached hydrogens (tertiary/aromatic N) is 1. The van der Waals surface area contributed by atoms with Gasteiger partial charge in [-0.1, -0.05) is 6.92 Å². The zero-order valence-electron chi connectivity index (χ0n) is 16.7. The molecule has 1 atom stereocenters. The molecule has 150 valence electrons. The normalized spacial score (nSPS) is 16.2. The third kappa shape index (κ3) is 5.77. The van der Waals surface area contributed by atoms with Gasteiger partial charge in [-0.15, -0.1) is 11.3 Å². The van der Waals surface area contributed by atoms with Gasteiger partial charge in [-0.2, -0.15) is 0 Å². The van der Waals surface area contributed by atoms with Crippen LogP contribution in [-0.4, -0.2) is 56.0 Å². The van der Waals surface area contributed by atoms with E-state index in [0.29, 0.717) is 16.5 Å². The average Bonchev–Trinajstić information content (AvgIpc) is 2.89. The predicted octanol–water partition coefficient (Wildman–Crippen LogP) is 2.05. The largest absolute Gasteiger partial charge is 0.465 e. The molecular weight excluding hydrogens is 366 g/mol. The monoisotopic (exact) mass is 395 g/mol. The van der Waals surface area contributed by atoms with E-state index >= 15 is 0 Å². The van der Waals surface area contributed by atoms with E-state index in [1.165, 1.54) is 18.4 Å². The number of ether oxygens (including phenoxy) is 1. The second kappa shape index (κ2) is 9.32. The number of carbonyl (C=O) groups excluding carboxylic acids is 3. The predicted molar refractivity (Wildman–Crippen MR) is 106 cm³/mol. The molecule has 1 heterocycles. The molecule has 27 heavy (non-hydrogen) atoms. The maximum absolute atomic E-state index is 12.4. The van der Waals surface area contributed by atoms with E-state index in [1.54, 1.807) is 11.9 Å². The lowest BCUT2D eigenvalue weighted by molar-refractivity contribution is -0.123. The number of hydrogen-bond acceptors (Lipinski definition) is 6. The number of thiophene rings is 1. The first-order chi connectivity index (χ1) is 12.7. The number of amides is 2. The first-order valence-corrected chi connectivity index (χ1v) is 10.0. The summed E-state index contributed by atoms with van der Waals surface area (Å²) in [5.74, 6) is -0.236. The van der Waals surface area contributed by atoms with Gasteiger partial charge in [0, 0.05) is 10.9 Å². The summed E-state index contributed by atoms with van der Waals surface area (Å²) in [6.07, 6.45) is 2.76. The Morgan fingerprint density at radius 2 is 1.93 bits per heavy atom. The molecule has 0 saturated heterocycles. The van der Waals surface area contributed by atoms with Crippen LogP contribution >= 0.6 is 11.3 Å². The molecule has 7 nitrogen and oxygen atoms in total. The number of hydrogen-bond donors (Lipinski definition) is 2. The molecule has 0 aromatic carbocycles. The Balaban J connectivity index is 2.06. The molecule has 0 fully saturated rings. The summed E-state index contributed by atoms with van der Waals surface area (Å²) in [7, 11) is 3.06. The molecule has 0 bridgehead atoms. The Morgan fingerprint density at radius 1 is 1.26 bits per heavy atom. The number of esters is 1. The minimum Gasteiger partial charge on any atom is -0.465 e. The van der Waals surface area contributed by atoms with Gasteiger partial charge in [-0.25, -0.2) is 4.79 Å². The van der Waals surface area contributed by atoms with Crippen molar-refractivity contribution < 1.29 is 19.1 Å². The number of anilines is 1. The van der Waals surface area contributed by atoms with Crippen LogP contribution in [0.3, 0.4) is 0 Å². The van der Waals surface area contributed by atoms with Gasteiger partial charge < -0.3 is 15.4 Å². The van der Waals surface area contributed by atoms with E-state index < -0.39 is 5.97 Å². The second-order valence-corrected chi connectivity index (χ2v) is 8.60. The molecule has 1 aromatic rings. The molecule has 8 heteroatoms. The van der Waals surface area contributed by atoms with Gasteiger partial charge in [0.25, 0.3) is 0 Å². The van der Waals surface area contributed by atoms with Crippen molar-refractivity contribution in [2.45, 2.75) is 46.1 Å². The number of nitrogens with one attached hydrogen (secondary N) is 2. The van der Waals surface area contributed by atoms with Gasteiger partial charge in [-0.3, -0.25) is 14.5 Å². The Bertz CT molecular complexity index is 714. The molecule has 0 saturated carbocycles. The molecule has 0 aliphatic heterocycles. The van der Waals surface area contributed by atoms with Crippen LogP contribution in [0, 0.1) is 5.92 Å². The maximum atomic E-state index is 12.4. The van der Waals surface area contributed by atoms with Crippen molar-refractivity contribution in [2.75, 3.05) is 32.6 Å². The molecule has 1 aliphatic rings. The van der Waals surface area contributed by atoms with Crippen molar-refractivity contribution in [3.63, 3.8) is 0 Å². The third-order valence-electron chi connectivity index (χ3n) is 4.43. The van der Waals surface area contributed by atoms with Gasteiger partial charge in [-0.05, 0) is 51.6 Å². The van der Waals surface area contributed by atoms with Gasteiger partial charge in [0.15, 0.2) is 0 Å². The summed E-state index contributed by atoms with van der Waals surface area (Å²) in [6.45, 7) is 6.16. The Morgan fingerprint density at radius 3 is 2.56 bits per heavy atom. The fourth-order valence-corrected chi connectivity index (χ4v) is 4.65. The van der Waals surface area contributed by atoms with E-state index in [2.05, 4.69) is 17.6 Å². The molecule has 0 radical (unpaired) electrons. The summed E-state index contributed by atoms with van der Waals surface area (Å²) < 4.78 is 4.93. The molecule has 2 N–H and O–H groups in total. The zero-order chi connectivity index (χ0) is 20.1. The third-order valence-corrected chi connectivity index (χ3v) is 5.60. The first-order valence-electron chi connectivity index (χ1n) is 9.21. The molecule has 2 rings (SSSR count). The highest BCUT2D eigenvalue weighted by Crippen LogP contribution is 2.39. The summed E-state index contributed by atoms with van der Waals surface area (Å²) in [6, 6.07) is 0.0576. The summed E-state index contributed by atoms with van der Waals surface area (Å²) >= 11 is 1.46. The standard InChI is InChI=1S/C19H29N3O4S/c1-11(2)20-15(23)9-22(4)10-16(24)21-18-17(19(25)26-5)13-7-6-12(3)8-14(13)27-18/h11-12H,6-10H2,1-5H3,(H,20,23)(H,21,24)/t12-/m0/s1. The number of rotatable bonds is 7. The van der Waals surface area contributed by atoms with Crippen LogP contribution in [0.4, 0.5) is 5.00 Å². The minimum atomic E-state index is -0.415. The quantitative estimate of drug-likeness (QED) is 0.690. The van der Waals surface area contributed by atoms with Crippen LogP contribution in [0.1, 0.15) is 48.0 Å². The molecule has 1 aliphatic carbocycles. The van der Waals surface area contributed by atoms with Crippen LogP contribution in [-0.2, 0) is 27.2 Å². The molecule has 0 unspecified atom stereocenters. The van der Waals surface area contributed by atoms with Crippen LogP contribution in [0.15, 0.2) is 0 Å². The van der Waals surface area contributed by atoms with E-state index in [0.717, 1.165) is 29.7 Å². The van der Waals surface area contributed by atoms with E-state index in [9.17, 15) is 14.4 Å². The molecule has 1 aromatic heterocycles. The maximum Gasteiger partial charge on any atom is 0.341 e. The van der Waals surface area contributed by atoms with Crippen molar-refractivity contribution in [1.82, 2.24) is 10.2 Å². The number of fused-ring (bicyclic) bond motifs is 1. The highest BCUT2D eigenvalue weighted by Gasteiger charge is 2.29. The topological polar surface area (TPSA) is 87.7 Å². The number of methoxy groups -OCH3 is 1. The highest BCUT2D eigenvalue weighted by atomic mass is 32.1. The van der Waals surface area contributed by atoms with Gasteiger partial charge >= 0.3 is 5.97 Å². The minimum absolute atomic E-state index is 0.0576. The zero-order valence-corrected chi connectivity index (χ0v) is 17.5. The number of carbonyl (C=O) groups is 3. The lowest BCUT2D eigenvalue weighted by Crippen LogP contribution is -2.41. The van der Waals surface area contributed by atoms with E-state index in [1.807, 2.05) is 13.8 Å². The fraction of sp³-hybridized carbons (Fsp3) is 0.632. The molecule has 2 amide bonds. The van der Waals surface area contributed by atoms with Crippen LogP contribution in [0.5, 0.6) is 0 Å². The Kier molecular flexibility index (Phi) is 7.38. The molecular formula is C19H29N3O4S. The average molecular weight is 396 g/mol. The number of likely N-dealkylation sites (N-methyl/N-ethyl adjacent to an activating group) is 1. The lowest BCUT2D eigenvalue weighted by atomic mass is 9.88. The van der Waals surface area contributed by atoms with Crippen molar-refractivity contribution in [2.24, 2.45) is 5.92 Å². The van der Waals surface area contributed by atoms with Crippen LogP contribution in [0.2, 0.25) is 0 Å².